The molecule has 0 fully saturated rings. The molecule has 3 nitrogen and oxygen atoms in total. The Morgan fingerprint density at radius 2 is 1.96 bits per heavy atom. The van der Waals surface area contributed by atoms with E-state index < -0.39 is 41.3 Å². The van der Waals surface area contributed by atoms with E-state index in [1.54, 1.807) is 0 Å². The summed E-state index contributed by atoms with van der Waals surface area (Å²) < 4.78 is 74.3. The second kappa shape index (κ2) is 5.95. The van der Waals surface area contributed by atoms with Gasteiger partial charge in [-0.3, -0.25) is 0 Å². The number of hydrogen-bond acceptors (Lipinski definition) is 2. The molecule has 0 spiro atoms. The maximum atomic E-state index is 14.0. The third-order valence-electron chi connectivity index (χ3n) is 4.09. The third kappa shape index (κ3) is 3.10. The molecule has 8 heteroatoms. The highest BCUT2D eigenvalue weighted by Gasteiger charge is 2.51. The van der Waals surface area contributed by atoms with Gasteiger partial charge in [0.25, 0.3) is 11.8 Å². The molecule has 0 saturated heterocycles. The van der Waals surface area contributed by atoms with E-state index in [9.17, 15) is 27.1 Å². The second-order valence-electron chi connectivity index (χ2n) is 6.09. The smallest absolute Gasteiger partial charge is 0.281 e. The first kappa shape index (κ1) is 18.1. The Kier molecular flexibility index (Phi) is 4.15. The zero-order valence-corrected chi connectivity index (χ0v) is 13.4. The number of aliphatic hydroxyl groups excluding tert-OH is 1. The van der Waals surface area contributed by atoms with Crippen LogP contribution in [0.2, 0.25) is 0 Å². The molecule has 0 heterocycles. The van der Waals surface area contributed by atoms with Gasteiger partial charge in [0.2, 0.25) is 0 Å². The molecule has 1 N–H and O–H groups in total. The second-order valence-corrected chi connectivity index (χ2v) is 6.09. The molecule has 0 aromatic heterocycles. The molecular weight excluding hydrogens is 357 g/mol. The fraction of sp³-hybridized carbons (Fsp3) is 0.278. The van der Waals surface area contributed by atoms with Gasteiger partial charge in [-0.1, -0.05) is 0 Å². The minimum Gasteiger partial charge on any atom is -0.458 e. The summed E-state index contributed by atoms with van der Waals surface area (Å²) in [6, 6.07) is 5.06. The number of hydrogen-bond donors (Lipinski definition) is 1. The zero-order chi connectivity index (χ0) is 19.3. The predicted octanol–water partition coefficient (Wildman–Crippen LogP) is 5.51. The molecule has 1 aliphatic rings. The van der Waals surface area contributed by atoms with Crippen molar-refractivity contribution in [2.24, 2.45) is 0 Å². The number of halogens is 5. The van der Waals surface area contributed by atoms with Crippen molar-refractivity contribution in [3.63, 3.8) is 0 Å². The average molecular weight is 369 g/mol. The van der Waals surface area contributed by atoms with Gasteiger partial charge >= 0.3 is 0 Å². The van der Waals surface area contributed by atoms with Crippen LogP contribution in [0.5, 0.6) is 11.5 Å². The normalized spacial score (nSPS) is 18.3. The maximum absolute atomic E-state index is 14.0. The number of benzene rings is 2. The van der Waals surface area contributed by atoms with Crippen LogP contribution in [0.25, 0.3) is 4.85 Å². The Balaban J connectivity index is 2.12. The number of ether oxygens (including phenoxy) is 1. The quantitative estimate of drug-likeness (QED) is 0.572. The lowest BCUT2D eigenvalue weighted by Crippen LogP contribution is -2.23. The van der Waals surface area contributed by atoms with E-state index in [4.69, 9.17) is 11.3 Å². The molecule has 1 atom stereocenters. The summed E-state index contributed by atoms with van der Waals surface area (Å²) in [6.45, 7) is 7.44. The van der Waals surface area contributed by atoms with Crippen LogP contribution in [0.4, 0.5) is 27.6 Å². The Hall–Kier alpha value is -2.66. The van der Waals surface area contributed by atoms with Crippen LogP contribution in [0.1, 0.15) is 29.7 Å². The van der Waals surface area contributed by atoms with E-state index in [1.807, 2.05) is 0 Å². The summed E-state index contributed by atoms with van der Waals surface area (Å²) >= 11 is 0. The molecule has 26 heavy (non-hydrogen) atoms. The lowest BCUT2D eigenvalue weighted by molar-refractivity contribution is -0.0985. The molecule has 0 bridgehead atoms. The van der Waals surface area contributed by atoms with Crippen molar-refractivity contribution in [3.05, 3.63) is 64.3 Å². The van der Waals surface area contributed by atoms with Crippen molar-refractivity contribution in [2.45, 2.75) is 31.3 Å². The van der Waals surface area contributed by atoms with Crippen LogP contribution < -0.4 is 4.74 Å². The van der Waals surface area contributed by atoms with Crippen molar-refractivity contribution in [1.82, 2.24) is 0 Å². The summed E-state index contributed by atoms with van der Waals surface area (Å²) in [7, 11) is 0. The van der Waals surface area contributed by atoms with Gasteiger partial charge < -0.3 is 9.84 Å². The summed E-state index contributed by atoms with van der Waals surface area (Å²) in [5.41, 5.74) is -1.64. The number of alkyl halides is 4. The predicted molar refractivity (Wildman–Crippen MR) is 82.4 cm³/mol. The SMILES string of the molecule is [C-]#[N+]c1cc(F)cc(Oc2ccc(C(C)(F)F)c3c2CC(F)(F)C3O)c1. The maximum Gasteiger partial charge on any atom is 0.281 e. The Labute approximate surface area is 145 Å². The average Bonchev–Trinajstić information content (AvgIpc) is 2.77. The van der Waals surface area contributed by atoms with E-state index in [1.165, 1.54) is 6.07 Å². The summed E-state index contributed by atoms with van der Waals surface area (Å²) in [5.74, 6) is -8.19. The van der Waals surface area contributed by atoms with E-state index >= 15 is 0 Å². The Bertz CT molecular complexity index is 915. The van der Waals surface area contributed by atoms with Gasteiger partial charge in [0.05, 0.1) is 6.57 Å². The molecule has 2 aromatic rings. The van der Waals surface area contributed by atoms with Gasteiger partial charge in [0, 0.05) is 36.1 Å². The first-order valence-electron chi connectivity index (χ1n) is 7.49. The van der Waals surface area contributed by atoms with Crippen molar-refractivity contribution >= 4 is 5.69 Å². The fourth-order valence-electron chi connectivity index (χ4n) is 2.96. The highest BCUT2D eigenvalue weighted by Crippen LogP contribution is 2.51. The first-order chi connectivity index (χ1) is 12.0. The molecule has 1 unspecified atom stereocenters. The molecule has 1 aliphatic carbocycles. The van der Waals surface area contributed by atoms with Crippen molar-refractivity contribution in [3.8, 4) is 11.5 Å². The number of aliphatic hydroxyl groups is 1. The molecular formula is C18H12F5NO2. The van der Waals surface area contributed by atoms with Crippen LogP contribution in [0.3, 0.4) is 0 Å². The van der Waals surface area contributed by atoms with Gasteiger partial charge in [-0.2, -0.15) is 0 Å². The lowest BCUT2D eigenvalue weighted by atomic mass is 9.97. The largest absolute Gasteiger partial charge is 0.458 e. The highest BCUT2D eigenvalue weighted by atomic mass is 19.3. The lowest BCUT2D eigenvalue weighted by Gasteiger charge is -2.20. The van der Waals surface area contributed by atoms with E-state index in [2.05, 4.69) is 4.85 Å². The first-order valence-corrected chi connectivity index (χ1v) is 7.49. The monoisotopic (exact) mass is 369 g/mol. The fourth-order valence-corrected chi connectivity index (χ4v) is 2.96. The van der Waals surface area contributed by atoms with E-state index in [-0.39, 0.29) is 22.7 Å². The van der Waals surface area contributed by atoms with Crippen molar-refractivity contribution in [1.29, 1.82) is 0 Å². The Morgan fingerprint density at radius 1 is 1.27 bits per heavy atom. The van der Waals surface area contributed by atoms with Gasteiger partial charge in [-0.25, -0.2) is 26.8 Å². The van der Waals surface area contributed by atoms with Crippen LogP contribution in [-0.2, 0) is 12.3 Å². The number of rotatable bonds is 3. The zero-order valence-electron chi connectivity index (χ0n) is 13.4. The van der Waals surface area contributed by atoms with Crippen LogP contribution in [0, 0.1) is 12.4 Å². The van der Waals surface area contributed by atoms with E-state index in [0.29, 0.717) is 6.92 Å². The third-order valence-corrected chi connectivity index (χ3v) is 4.09. The molecule has 136 valence electrons. The van der Waals surface area contributed by atoms with Crippen LogP contribution in [0.15, 0.2) is 30.3 Å². The summed E-state index contributed by atoms with van der Waals surface area (Å²) in [5, 5.41) is 9.83. The van der Waals surface area contributed by atoms with Gasteiger partial charge in [0.1, 0.15) is 23.4 Å². The number of fused-ring (bicyclic) bond motifs is 1. The minimum atomic E-state index is -3.63. The standard InChI is InChI=1S/C18H12F5NO2/c1-17(20,21)13-3-4-14(12-8-18(22,23)16(25)15(12)13)26-11-6-9(19)5-10(7-11)24-2/h3-7,16,25H,8H2,1H3. The minimum absolute atomic E-state index is 0.0706. The molecule has 0 saturated carbocycles. The highest BCUT2D eigenvalue weighted by molar-refractivity contribution is 5.55. The van der Waals surface area contributed by atoms with Crippen LogP contribution in [-0.4, -0.2) is 11.0 Å². The molecule has 0 radical (unpaired) electrons. The van der Waals surface area contributed by atoms with E-state index in [0.717, 1.165) is 24.3 Å². The van der Waals surface area contributed by atoms with Crippen molar-refractivity contribution in [2.75, 3.05) is 0 Å². The van der Waals surface area contributed by atoms with Crippen LogP contribution >= 0.6 is 0 Å². The van der Waals surface area contributed by atoms with Crippen molar-refractivity contribution < 1.29 is 31.8 Å². The molecule has 0 amide bonds. The molecule has 0 aliphatic heterocycles. The summed E-state index contributed by atoms with van der Waals surface area (Å²) in [4.78, 5) is 3.06. The van der Waals surface area contributed by atoms with Gasteiger partial charge in [0.15, 0.2) is 5.69 Å². The van der Waals surface area contributed by atoms with Gasteiger partial charge in [-0.15, -0.1) is 0 Å². The summed E-state index contributed by atoms with van der Waals surface area (Å²) in [6.07, 6.45) is -3.39. The Morgan fingerprint density at radius 3 is 2.58 bits per heavy atom. The molecule has 3 rings (SSSR count). The van der Waals surface area contributed by atoms with Gasteiger partial charge in [-0.05, 0) is 24.3 Å². The number of nitrogens with zero attached hydrogens (tertiary/aromatic N) is 1. The topological polar surface area (TPSA) is 33.8 Å². The molecule has 2 aromatic carbocycles.